The summed E-state index contributed by atoms with van der Waals surface area (Å²) in [6, 6.07) is 6.66. The van der Waals surface area contributed by atoms with Crippen LogP contribution in [0.1, 0.15) is 6.42 Å². The van der Waals surface area contributed by atoms with E-state index in [9.17, 15) is 16.8 Å². The van der Waals surface area contributed by atoms with Crippen LogP contribution in [0, 0.1) is 0 Å². The van der Waals surface area contributed by atoms with Crippen molar-refractivity contribution in [3.63, 3.8) is 0 Å². The van der Waals surface area contributed by atoms with Gasteiger partial charge in [0.1, 0.15) is 11.0 Å². The molecule has 0 radical (unpaired) electrons. The maximum Gasteiger partial charge on any atom is 0.259 e. The SMILES string of the molecule is O=S1(=O)CC[C@H](S(=O)(=O)n2nnc3ccccc32)C1. The topological polar surface area (TPSA) is 99.0 Å². The van der Waals surface area contributed by atoms with Crippen LogP contribution < -0.4 is 0 Å². The molecule has 1 aliphatic rings. The van der Waals surface area contributed by atoms with Gasteiger partial charge in [-0.15, -0.1) is 9.19 Å². The average molecular weight is 301 g/mol. The van der Waals surface area contributed by atoms with Gasteiger partial charge in [-0.25, -0.2) is 16.8 Å². The minimum atomic E-state index is -3.83. The van der Waals surface area contributed by atoms with Crippen LogP contribution in [-0.2, 0) is 19.9 Å². The summed E-state index contributed by atoms with van der Waals surface area (Å²) in [4.78, 5) is 0. The van der Waals surface area contributed by atoms with Crippen molar-refractivity contribution in [1.82, 2.24) is 14.4 Å². The Labute approximate surface area is 110 Å². The first-order chi connectivity index (χ1) is 8.90. The molecule has 2 heterocycles. The molecule has 0 N–H and O–H groups in total. The lowest BCUT2D eigenvalue weighted by Crippen LogP contribution is -2.29. The lowest BCUT2D eigenvalue weighted by molar-refractivity contribution is 0.566. The molecule has 1 aromatic heterocycles. The van der Waals surface area contributed by atoms with Gasteiger partial charge in [0, 0.05) is 0 Å². The lowest BCUT2D eigenvalue weighted by Gasteiger charge is -2.09. The largest absolute Gasteiger partial charge is 0.259 e. The summed E-state index contributed by atoms with van der Waals surface area (Å²) in [5.41, 5.74) is 0.832. The molecule has 3 rings (SSSR count). The van der Waals surface area contributed by atoms with E-state index < -0.39 is 25.1 Å². The molecule has 2 aromatic rings. The maximum atomic E-state index is 12.4. The molecule has 1 fully saturated rings. The highest BCUT2D eigenvalue weighted by atomic mass is 32.2. The Hall–Kier alpha value is -1.48. The molecule has 0 spiro atoms. The van der Waals surface area contributed by atoms with E-state index in [0.29, 0.717) is 11.0 Å². The maximum absolute atomic E-state index is 12.4. The Morgan fingerprint density at radius 2 is 2.00 bits per heavy atom. The van der Waals surface area contributed by atoms with E-state index >= 15 is 0 Å². The molecule has 7 nitrogen and oxygen atoms in total. The molecule has 0 bridgehead atoms. The summed E-state index contributed by atoms with van der Waals surface area (Å²) in [5.74, 6) is -0.437. The van der Waals surface area contributed by atoms with E-state index in [0.717, 1.165) is 4.09 Å². The first-order valence-electron chi connectivity index (χ1n) is 5.65. The second-order valence-electron chi connectivity index (χ2n) is 4.49. The third-order valence-corrected chi connectivity index (χ3v) is 7.15. The van der Waals surface area contributed by atoms with Gasteiger partial charge in [0.15, 0.2) is 9.84 Å². The van der Waals surface area contributed by atoms with Crippen molar-refractivity contribution in [3.05, 3.63) is 24.3 Å². The minimum absolute atomic E-state index is 0.0937. The molecule has 9 heteroatoms. The van der Waals surface area contributed by atoms with Gasteiger partial charge in [-0.1, -0.05) is 17.3 Å². The molecule has 1 saturated heterocycles. The molecule has 0 aliphatic carbocycles. The first-order valence-corrected chi connectivity index (χ1v) is 8.98. The zero-order valence-electron chi connectivity index (χ0n) is 9.80. The van der Waals surface area contributed by atoms with Gasteiger partial charge in [-0.05, 0) is 18.6 Å². The normalized spacial score (nSPS) is 22.8. The van der Waals surface area contributed by atoms with E-state index in [1.807, 2.05) is 0 Å². The Bertz CT molecular complexity index is 839. The Morgan fingerprint density at radius 3 is 2.68 bits per heavy atom. The van der Waals surface area contributed by atoms with Gasteiger partial charge in [-0.2, -0.15) is 0 Å². The van der Waals surface area contributed by atoms with Gasteiger partial charge >= 0.3 is 0 Å². The van der Waals surface area contributed by atoms with E-state index in [1.165, 1.54) is 0 Å². The van der Waals surface area contributed by atoms with E-state index in [2.05, 4.69) is 10.3 Å². The fourth-order valence-corrected chi connectivity index (χ4v) is 6.44. The van der Waals surface area contributed by atoms with Gasteiger partial charge in [0.2, 0.25) is 0 Å². The molecular formula is C10H11N3O4S2. The number of para-hydroxylation sites is 1. The zero-order chi connectivity index (χ0) is 13.7. The van der Waals surface area contributed by atoms with Crippen LogP contribution in [0.25, 0.3) is 11.0 Å². The Kier molecular flexibility index (Phi) is 2.65. The third kappa shape index (κ3) is 2.02. The summed E-state index contributed by atoms with van der Waals surface area (Å²) in [6.07, 6.45) is 0.110. The first kappa shape index (κ1) is 12.5. The van der Waals surface area contributed by atoms with E-state index in [4.69, 9.17) is 0 Å². The number of nitrogens with zero attached hydrogens (tertiary/aromatic N) is 3. The highest BCUT2D eigenvalue weighted by molar-refractivity contribution is 7.95. The second-order valence-corrected chi connectivity index (χ2v) is 8.76. The Morgan fingerprint density at radius 1 is 1.26 bits per heavy atom. The molecule has 102 valence electrons. The average Bonchev–Trinajstić information content (AvgIpc) is 2.92. The third-order valence-electron chi connectivity index (χ3n) is 3.17. The smallest absolute Gasteiger partial charge is 0.229 e. The van der Waals surface area contributed by atoms with Crippen molar-refractivity contribution in [3.8, 4) is 0 Å². The summed E-state index contributed by atoms with van der Waals surface area (Å²) in [7, 11) is -7.09. The highest BCUT2D eigenvalue weighted by Gasteiger charge is 2.39. The standard InChI is InChI=1S/C10H11N3O4S2/c14-18(15)6-5-8(7-18)19(16,17)13-10-4-2-1-3-9(10)11-12-13/h1-4,8H,5-7H2/t8-/m0/s1. The van der Waals surface area contributed by atoms with Crippen LogP contribution in [0.5, 0.6) is 0 Å². The summed E-state index contributed by atoms with van der Waals surface area (Å²) in [6.45, 7) is 0. The number of hydrogen-bond acceptors (Lipinski definition) is 6. The molecule has 1 atom stereocenters. The van der Waals surface area contributed by atoms with Crippen LogP contribution in [-0.4, -0.2) is 48.0 Å². The molecule has 1 aliphatic heterocycles. The molecule has 0 unspecified atom stereocenters. The monoisotopic (exact) mass is 301 g/mol. The Balaban J connectivity index is 2.11. The molecule has 0 saturated carbocycles. The lowest BCUT2D eigenvalue weighted by atomic mass is 10.3. The van der Waals surface area contributed by atoms with Crippen LogP contribution in [0.4, 0.5) is 0 Å². The van der Waals surface area contributed by atoms with Crippen molar-refractivity contribution in [2.75, 3.05) is 11.5 Å². The van der Waals surface area contributed by atoms with Gasteiger partial charge < -0.3 is 0 Å². The minimum Gasteiger partial charge on any atom is -0.229 e. The van der Waals surface area contributed by atoms with Gasteiger partial charge in [0.05, 0.1) is 16.8 Å². The van der Waals surface area contributed by atoms with Crippen LogP contribution >= 0.6 is 0 Å². The number of sulfone groups is 1. The van der Waals surface area contributed by atoms with Crippen molar-refractivity contribution >= 4 is 30.9 Å². The predicted octanol–water partition coefficient (Wildman–Crippen LogP) is -0.204. The van der Waals surface area contributed by atoms with Crippen LogP contribution in [0.3, 0.4) is 0 Å². The molecule has 0 amide bonds. The van der Waals surface area contributed by atoms with Gasteiger partial charge in [0.25, 0.3) is 10.0 Å². The second kappa shape index (κ2) is 4.01. The van der Waals surface area contributed by atoms with E-state index in [-0.39, 0.29) is 17.9 Å². The van der Waals surface area contributed by atoms with Crippen molar-refractivity contribution in [2.24, 2.45) is 0 Å². The number of fused-ring (bicyclic) bond motifs is 1. The number of benzene rings is 1. The van der Waals surface area contributed by atoms with Crippen molar-refractivity contribution in [2.45, 2.75) is 11.7 Å². The quantitative estimate of drug-likeness (QED) is 0.761. The predicted molar refractivity (Wildman–Crippen MR) is 68.9 cm³/mol. The van der Waals surface area contributed by atoms with E-state index in [1.54, 1.807) is 24.3 Å². The van der Waals surface area contributed by atoms with Crippen molar-refractivity contribution < 1.29 is 16.8 Å². The van der Waals surface area contributed by atoms with Crippen LogP contribution in [0.15, 0.2) is 24.3 Å². The number of hydrogen-bond donors (Lipinski definition) is 0. The number of aromatic nitrogens is 3. The molecule has 19 heavy (non-hydrogen) atoms. The zero-order valence-corrected chi connectivity index (χ0v) is 11.4. The van der Waals surface area contributed by atoms with Crippen LogP contribution in [0.2, 0.25) is 0 Å². The van der Waals surface area contributed by atoms with Crippen molar-refractivity contribution in [1.29, 1.82) is 0 Å². The molecular weight excluding hydrogens is 290 g/mol. The number of rotatable bonds is 2. The summed E-state index contributed by atoms with van der Waals surface area (Å²) in [5, 5.41) is 6.48. The summed E-state index contributed by atoms with van der Waals surface area (Å²) >= 11 is 0. The van der Waals surface area contributed by atoms with Gasteiger partial charge in [-0.3, -0.25) is 0 Å². The molecule has 1 aromatic carbocycles. The summed E-state index contributed by atoms with van der Waals surface area (Å²) < 4.78 is 48.4. The fraction of sp³-hybridized carbons (Fsp3) is 0.400. The highest BCUT2D eigenvalue weighted by Crippen LogP contribution is 2.22. The fourth-order valence-electron chi connectivity index (χ4n) is 2.17.